The molecule has 2 heterocycles. The fraction of sp³-hybridized carbons (Fsp3) is 0.769. The van der Waals surface area contributed by atoms with Gasteiger partial charge in [0.15, 0.2) is 0 Å². The minimum atomic E-state index is 0.117. The minimum absolute atomic E-state index is 0.117. The molecule has 1 aliphatic heterocycles. The van der Waals surface area contributed by atoms with Gasteiger partial charge in [-0.2, -0.15) is 5.10 Å². The molecule has 0 amide bonds. The van der Waals surface area contributed by atoms with Gasteiger partial charge >= 0.3 is 0 Å². The number of aryl methyl sites for hydroxylation is 2. The lowest BCUT2D eigenvalue weighted by molar-refractivity contribution is 0.00505. The first-order valence-electron chi connectivity index (χ1n) is 7.10. The van der Waals surface area contributed by atoms with E-state index < -0.39 is 0 Å². The number of hydrogen-bond donors (Lipinski definition) is 2. The highest BCUT2D eigenvalue weighted by Crippen LogP contribution is 2.38. The molecule has 0 aromatic carbocycles. The van der Waals surface area contributed by atoms with Crippen LogP contribution in [0.4, 0.5) is 5.95 Å². The summed E-state index contributed by atoms with van der Waals surface area (Å²) in [5.74, 6) is 1.06. The lowest BCUT2D eigenvalue weighted by Crippen LogP contribution is -2.65. The van der Waals surface area contributed by atoms with E-state index in [1.54, 1.807) is 0 Å². The zero-order valence-corrected chi connectivity index (χ0v) is 11.5. The molecule has 2 fully saturated rings. The van der Waals surface area contributed by atoms with Gasteiger partial charge in [-0.15, -0.1) is 5.10 Å². The number of fused-ring (bicyclic) bond motifs is 1. The first kappa shape index (κ1) is 12.7. The second-order valence-corrected chi connectivity index (χ2v) is 5.27. The molecule has 4 unspecified atom stereocenters. The van der Waals surface area contributed by atoms with Gasteiger partial charge in [0.05, 0.1) is 23.5 Å². The third-order valence-electron chi connectivity index (χ3n) is 4.25. The van der Waals surface area contributed by atoms with Gasteiger partial charge < -0.3 is 15.8 Å². The molecular weight excluding hydrogens is 242 g/mol. The van der Waals surface area contributed by atoms with Gasteiger partial charge in [-0.3, -0.25) is 0 Å². The van der Waals surface area contributed by atoms with Crippen molar-refractivity contribution in [2.75, 3.05) is 11.9 Å². The molecule has 0 spiro atoms. The average Bonchev–Trinajstić information content (AvgIpc) is 2.89. The minimum Gasteiger partial charge on any atom is -0.376 e. The van der Waals surface area contributed by atoms with E-state index >= 15 is 0 Å². The van der Waals surface area contributed by atoms with Crippen molar-refractivity contribution in [3.8, 4) is 0 Å². The highest BCUT2D eigenvalue weighted by Gasteiger charge is 2.52. The van der Waals surface area contributed by atoms with Gasteiger partial charge in [0.1, 0.15) is 0 Å². The lowest BCUT2D eigenvalue weighted by atomic mass is 9.72. The molecule has 104 valence electrons. The van der Waals surface area contributed by atoms with Crippen LogP contribution in [-0.4, -0.2) is 40.0 Å². The molecule has 0 bridgehead atoms. The number of nitrogens with one attached hydrogen (secondary N) is 1. The molecule has 6 nitrogen and oxygen atoms in total. The van der Waals surface area contributed by atoms with Crippen LogP contribution in [0.1, 0.15) is 31.7 Å². The second kappa shape index (κ2) is 5.02. The Morgan fingerprint density at radius 2 is 2.05 bits per heavy atom. The van der Waals surface area contributed by atoms with Crippen molar-refractivity contribution in [2.24, 2.45) is 11.7 Å². The maximum atomic E-state index is 6.16. The van der Waals surface area contributed by atoms with Crippen molar-refractivity contribution in [1.82, 2.24) is 15.2 Å². The number of rotatable bonds is 4. The summed E-state index contributed by atoms with van der Waals surface area (Å²) in [5.41, 5.74) is 8.15. The molecule has 19 heavy (non-hydrogen) atoms. The third-order valence-corrected chi connectivity index (χ3v) is 4.25. The molecule has 0 radical (unpaired) electrons. The summed E-state index contributed by atoms with van der Waals surface area (Å²) in [5, 5.41) is 11.7. The Kier molecular flexibility index (Phi) is 3.36. The maximum absolute atomic E-state index is 6.16. The molecule has 2 aliphatic rings. The van der Waals surface area contributed by atoms with E-state index in [0.29, 0.717) is 11.9 Å². The summed E-state index contributed by atoms with van der Waals surface area (Å²) >= 11 is 0. The molecular formula is C13H21N5O. The Bertz CT molecular complexity index is 466. The second-order valence-electron chi connectivity index (χ2n) is 5.27. The van der Waals surface area contributed by atoms with Crippen LogP contribution in [0.5, 0.6) is 0 Å². The van der Waals surface area contributed by atoms with Crippen LogP contribution < -0.4 is 11.1 Å². The van der Waals surface area contributed by atoms with Crippen molar-refractivity contribution in [3.05, 3.63) is 11.4 Å². The monoisotopic (exact) mass is 263 g/mol. The Morgan fingerprint density at radius 1 is 1.26 bits per heavy atom. The summed E-state index contributed by atoms with van der Waals surface area (Å²) < 4.78 is 5.69. The van der Waals surface area contributed by atoms with Gasteiger partial charge in [0.25, 0.3) is 0 Å². The van der Waals surface area contributed by atoms with Gasteiger partial charge in [-0.1, -0.05) is 13.8 Å². The van der Waals surface area contributed by atoms with Crippen LogP contribution in [0, 0.1) is 5.92 Å². The number of aromatic nitrogens is 3. The number of nitrogens with zero attached hydrogens (tertiary/aromatic N) is 3. The van der Waals surface area contributed by atoms with Crippen molar-refractivity contribution in [3.63, 3.8) is 0 Å². The van der Waals surface area contributed by atoms with Crippen molar-refractivity contribution >= 4 is 5.95 Å². The largest absolute Gasteiger partial charge is 0.376 e. The number of ether oxygens (including phenoxy) is 1. The number of nitrogens with two attached hydrogens (primary N) is 1. The normalized spacial score (nSPS) is 32.8. The van der Waals surface area contributed by atoms with Crippen LogP contribution in [0.25, 0.3) is 0 Å². The van der Waals surface area contributed by atoms with Crippen LogP contribution in [-0.2, 0) is 17.6 Å². The molecule has 4 atom stereocenters. The quantitative estimate of drug-likeness (QED) is 0.824. The number of anilines is 1. The van der Waals surface area contributed by atoms with Gasteiger partial charge in [-0.25, -0.2) is 4.98 Å². The van der Waals surface area contributed by atoms with E-state index in [0.717, 1.165) is 37.3 Å². The van der Waals surface area contributed by atoms with Crippen LogP contribution >= 0.6 is 0 Å². The maximum Gasteiger partial charge on any atom is 0.243 e. The predicted octanol–water partition coefficient (Wildman–Crippen LogP) is 0.523. The van der Waals surface area contributed by atoms with Gasteiger partial charge in [-0.05, 0) is 19.3 Å². The Labute approximate surface area is 113 Å². The van der Waals surface area contributed by atoms with Crippen molar-refractivity contribution in [2.45, 2.75) is 51.3 Å². The Balaban J connectivity index is 1.73. The highest BCUT2D eigenvalue weighted by molar-refractivity contribution is 5.32. The van der Waals surface area contributed by atoms with Crippen LogP contribution in [0.2, 0.25) is 0 Å². The van der Waals surface area contributed by atoms with E-state index in [2.05, 4.69) is 34.3 Å². The van der Waals surface area contributed by atoms with E-state index in [1.165, 1.54) is 0 Å². The first-order valence-corrected chi connectivity index (χ1v) is 7.10. The first-order chi connectivity index (χ1) is 9.24. The van der Waals surface area contributed by atoms with E-state index in [4.69, 9.17) is 10.5 Å². The zero-order valence-electron chi connectivity index (χ0n) is 11.5. The lowest BCUT2D eigenvalue weighted by Gasteiger charge is -2.45. The Morgan fingerprint density at radius 3 is 2.79 bits per heavy atom. The molecule has 1 aliphatic carbocycles. The average molecular weight is 263 g/mol. The van der Waals surface area contributed by atoms with Crippen molar-refractivity contribution in [1.29, 1.82) is 0 Å². The van der Waals surface area contributed by atoms with Crippen molar-refractivity contribution < 1.29 is 4.74 Å². The smallest absolute Gasteiger partial charge is 0.243 e. The SMILES string of the molecule is CCc1nnc(NC2C(N)C3CCOC32)nc1CC. The molecule has 1 saturated carbocycles. The van der Waals surface area contributed by atoms with Crippen LogP contribution in [0.3, 0.4) is 0 Å². The fourth-order valence-electron chi connectivity index (χ4n) is 3.08. The summed E-state index contributed by atoms with van der Waals surface area (Å²) in [4.78, 5) is 4.54. The summed E-state index contributed by atoms with van der Waals surface area (Å²) in [6, 6.07) is 0.249. The zero-order chi connectivity index (χ0) is 13.4. The van der Waals surface area contributed by atoms with Gasteiger partial charge in [0.2, 0.25) is 5.95 Å². The summed E-state index contributed by atoms with van der Waals surface area (Å²) in [6.45, 7) is 4.96. The molecule has 1 saturated heterocycles. The molecule has 6 heteroatoms. The summed E-state index contributed by atoms with van der Waals surface area (Å²) in [7, 11) is 0. The fourth-order valence-corrected chi connectivity index (χ4v) is 3.08. The summed E-state index contributed by atoms with van der Waals surface area (Å²) in [6.07, 6.45) is 3.01. The van der Waals surface area contributed by atoms with E-state index in [1.807, 2.05) is 0 Å². The van der Waals surface area contributed by atoms with Crippen LogP contribution in [0.15, 0.2) is 0 Å². The molecule has 3 N–H and O–H groups in total. The molecule has 1 aromatic rings. The van der Waals surface area contributed by atoms with Gasteiger partial charge in [0, 0.05) is 18.6 Å². The molecule has 1 aromatic heterocycles. The standard InChI is InChI=1S/C13H21N5O/c1-3-8-9(4-2)17-18-13(15-8)16-11-10(14)7-5-6-19-12(7)11/h7,10-12H,3-6,14H2,1-2H3,(H,15,16,18). The topological polar surface area (TPSA) is 86.0 Å². The van der Waals surface area contributed by atoms with E-state index in [-0.39, 0.29) is 18.2 Å². The predicted molar refractivity (Wildman–Crippen MR) is 71.8 cm³/mol. The highest BCUT2D eigenvalue weighted by atomic mass is 16.5. The molecule has 3 rings (SSSR count). The number of hydrogen-bond acceptors (Lipinski definition) is 6. The van der Waals surface area contributed by atoms with E-state index in [9.17, 15) is 0 Å². The third kappa shape index (κ3) is 2.08. The Hall–Kier alpha value is -1.27.